The van der Waals surface area contributed by atoms with Crippen molar-refractivity contribution in [1.29, 1.82) is 0 Å². The fourth-order valence-corrected chi connectivity index (χ4v) is 6.27. The number of nitrogens with one attached hydrogen (secondary N) is 1. The third-order valence-electron chi connectivity index (χ3n) is 7.98. The lowest BCUT2D eigenvalue weighted by Gasteiger charge is -2.35. The zero-order valence-corrected chi connectivity index (χ0v) is 20.8. The van der Waals surface area contributed by atoms with E-state index in [2.05, 4.69) is 26.0 Å². The van der Waals surface area contributed by atoms with Crippen LogP contribution in [0.2, 0.25) is 0 Å². The van der Waals surface area contributed by atoms with E-state index in [9.17, 15) is 4.21 Å². The minimum atomic E-state index is -1.32. The summed E-state index contributed by atoms with van der Waals surface area (Å²) in [4.78, 5) is 2.41. The lowest BCUT2D eigenvalue weighted by Crippen LogP contribution is -2.35. The number of aromatic nitrogens is 3. The van der Waals surface area contributed by atoms with Crippen LogP contribution in [-0.2, 0) is 11.0 Å². The first-order valence-electron chi connectivity index (χ1n) is 12.8. The van der Waals surface area contributed by atoms with E-state index in [0.29, 0.717) is 11.3 Å². The summed E-state index contributed by atoms with van der Waals surface area (Å²) >= 11 is 0. The van der Waals surface area contributed by atoms with E-state index < -0.39 is 11.0 Å². The van der Waals surface area contributed by atoms with E-state index in [1.165, 1.54) is 51.4 Å². The molecule has 3 fully saturated rings. The first kappa shape index (κ1) is 22.8. The molecule has 3 aromatic rings. The summed E-state index contributed by atoms with van der Waals surface area (Å²) in [5.41, 5.74) is 4.06. The third-order valence-corrected chi connectivity index (χ3v) is 9.00. The van der Waals surface area contributed by atoms with Crippen molar-refractivity contribution in [3.05, 3.63) is 42.3 Å². The predicted molar refractivity (Wildman–Crippen MR) is 137 cm³/mol. The quantitative estimate of drug-likeness (QED) is 0.473. The Bertz CT molecular complexity index is 1200. The number of benzene rings is 1. The highest BCUT2D eigenvalue weighted by Crippen LogP contribution is 2.54. The molecular weight excluding hydrogens is 462 g/mol. The van der Waals surface area contributed by atoms with E-state index >= 15 is 0 Å². The Morgan fingerprint density at radius 1 is 1.09 bits per heavy atom. The third kappa shape index (κ3) is 4.76. The van der Waals surface area contributed by atoms with Crippen LogP contribution >= 0.6 is 0 Å². The number of hydrogen-bond acceptors (Lipinski definition) is 6. The van der Waals surface area contributed by atoms with Crippen LogP contribution in [0.15, 0.2) is 40.9 Å². The first-order chi connectivity index (χ1) is 17.1. The number of aliphatic hydroxyl groups excluding tert-OH is 1. The lowest BCUT2D eigenvalue weighted by atomic mass is 9.93. The van der Waals surface area contributed by atoms with Gasteiger partial charge in [0.2, 0.25) is 0 Å². The SMILES string of the molecule is O=S(CCO)Nc1ccc(-n2cc(-c3ccc(C4CCCC4)o3)nn2)c(N2CCC3(CC2)CC3)c1. The molecule has 1 atom stereocenters. The van der Waals surface area contributed by atoms with Gasteiger partial charge < -0.3 is 19.1 Å². The van der Waals surface area contributed by atoms with Gasteiger partial charge in [-0.05, 0) is 74.3 Å². The molecule has 1 aromatic carbocycles. The number of nitrogens with zero attached hydrogens (tertiary/aromatic N) is 4. The van der Waals surface area contributed by atoms with Gasteiger partial charge in [-0.15, -0.1) is 5.10 Å². The van der Waals surface area contributed by atoms with E-state index in [4.69, 9.17) is 9.52 Å². The summed E-state index contributed by atoms with van der Waals surface area (Å²) in [6.07, 6.45) is 12.0. The molecule has 3 heterocycles. The van der Waals surface area contributed by atoms with Crippen LogP contribution in [0.1, 0.15) is 63.0 Å². The average molecular weight is 496 g/mol. The Balaban J connectivity index is 1.28. The van der Waals surface area contributed by atoms with Crippen LogP contribution in [-0.4, -0.2) is 49.8 Å². The molecular formula is C26H33N5O3S. The topological polar surface area (TPSA) is 96.4 Å². The molecule has 2 N–H and O–H groups in total. The number of rotatable bonds is 8. The van der Waals surface area contributed by atoms with Gasteiger partial charge in [-0.25, -0.2) is 8.89 Å². The fraction of sp³-hybridized carbons (Fsp3) is 0.538. The molecule has 35 heavy (non-hydrogen) atoms. The van der Waals surface area contributed by atoms with E-state index in [1.807, 2.05) is 35.1 Å². The van der Waals surface area contributed by atoms with Gasteiger partial charge in [-0.1, -0.05) is 18.1 Å². The van der Waals surface area contributed by atoms with Gasteiger partial charge in [-0.2, -0.15) is 0 Å². The monoisotopic (exact) mass is 495 g/mol. The zero-order valence-electron chi connectivity index (χ0n) is 20.0. The van der Waals surface area contributed by atoms with Gasteiger partial charge in [0.1, 0.15) is 22.4 Å². The van der Waals surface area contributed by atoms with E-state index in [1.54, 1.807) is 0 Å². The summed E-state index contributed by atoms with van der Waals surface area (Å²) in [6.45, 7) is 1.89. The molecule has 2 aliphatic carbocycles. The molecule has 0 amide bonds. The molecule has 8 nitrogen and oxygen atoms in total. The van der Waals surface area contributed by atoms with Gasteiger partial charge in [-0.3, -0.25) is 0 Å². The maximum absolute atomic E-state index is 12.2. The molecule has 1 spiro atoms. The van der Waals surface area contributed by atoms with Gasteiger partial charge in [0, 0.05) is 24.7 Å². The number of aliphatic hydroxyl groups is 1. The highest BCUT2D eigenvalue weighted by atomic mass is 32.2. The molecule has 0 bridgehead atoms. The standard InChI is InChI=1S/C26H33N5O3S/c32-15-16-35(33)28-20-5-6-22(23(17-20)30-13-11-26(9-10-26)12-14-30)31-18-21(27-29-31)25-8-7-24(34-25)19-3-1-2-4-19/h5-8,17-19,28,32H,1-4,9-16H2. The smallest absolute Gasteiger partial charge is 0.156 e. The second-order valence-corrected chi connectivity index (χ2v) is 11.6. The average Bonchev–Trinajstić information content (AvgIpc) is 3.35. The molecule has 9 heteroatoms. The van der Waals surface area contributed by atoms with Gasteiger partial charge in [0.15, 0.2) is 5.76 Å². The molecule has 1 saturated heterocycles. The van der Waals surface area contributed by atoms with Crippen molar-refractivity contribution in [3.63, 3.8) is 0 Å². The minimum Gasteiger partial charge on any atom is -0.459 e. The maximum atomic E-state index is 12.2. The number of hydrogen-bond donors (Lipinski definition) is 2. The Morgan fingerprint density at radius 2 is 1.89 bits per heavy atom. The van der Waals surface area contributed by atoms with Crippen LogP contribution in [0.4, 0.5) is 11.4 Å². The molecule has 1 aliphatic heterocycles. The molecule has 3 aliphatic rings. The van der Waals surface area contributed by atoms with Crippen LogP contribution in [0.3, 0.4) is 0 Å². The summed E-state index contributed by atoms with van der Waals surface area (Å²) in [5.74, 6) is 2.53. The minimum absolute atomic E-state index is 0.115. The number of anilines is 2. The maximum Gasteiger partial charge on any atom is 0.156 e. The van der Waals surface area contributed by atoms with Crippen LogP contribution in [0, 0.1) is 5.41 Å². The molecule has 186 valence electrons. The van der Waals surface area contributed by atoms with Crippen molar-refractivity contribution in [2.45, 2.75) is 57.3 Å². The van der Waals surface area contributed by atoms with E-state index in [-0.39, 0.29) is 12.4 Å². The fourth-order valence-electron chi connectivity index (χ4n) is 5.61. The Labute approximate surface area is 208 Å². The van der Waals surface area contributed by atoms with Crippen molar-refractivity contribution in [1.82, 2.24) is 15.0 Å². The lowest BCUT2D eigenvalue weighted by molar-refractivity contribution is 0.321. The second-order valence-electron chi connectivity index (χ2n) is 10.3. The van der Waals surface area contributed by atoms with Crippen molar-refractivity contribution >= 4 is 22.4 Å². The zero-order chi connectivity index (χ0) is 23.8. The summed E-state index contributed by atoms with van der Waals surface area (Å²) in [6, 6.07) is 10.0. The summed E-state index contributed by atoms with van der Waals surface area (Å²) < 4.78 is 23.2. The molecule has 1 unspecified atom stereocenters. The Hall–Kier alpha value is -2.65. The van der Waals surface area contributed by atoms with Gasteiger partial charge in [0.05, 0.1) is 29.9 Å². The summed E-state index contributed by atoms with van der Waals surface area (Å²) in [5, 5.41) is 18.0. The highest BCUT2D eigenvalue weighted by molar-refractivity contribution is 7.86. The first-order valence-corrected chi connectivity index (χ1v) is 14.1. The van der Waals surface area contributed by atoms with Crippen molar-refractivity contribution in [2.24, 2.45) is 5.41 Å². The van der Waals surface area contributed by atoms with Crippen LogP contribution < -0.4 is 9.62 Å². The number of furan rings is 1. The van der Waals surface area contributed by atoms with Crippen molar-refractivity contribution in [2.75, 3.05) is 35.1 Å². The van der Waals surface area contributed by atoms with Gasteiger partial charge >= 0.3 is 0 Å². The normalized spacial score (nSPS) is 20.4. The molecule has 6 rings (SSSR count). The van der Waals surface area contributed by atoms with E-state index in [0.717, 1.165) is 47.4 Å². The number of piperidine rings is 1. The van der Waals surface area contributed by atoms with Crippen molar-refractivity contribution < 1.29 is 13.7 Å². The Kier molecular flexibility index (Phi) is 6.14. The van der Waals surface area contributed by atoms with Crippen LogP contribution in [0.25, 0.3) is 17.1 Å². The molecule has 2 aromatic heterocycles. The van der Waals surface area contributed by atoms with Crippen molar-refractivity contribution in [3.8, 4) is 17.1 Å². The predicted octanol–water partition coefficient (Wildman–Crippen LogP) is 4.63. The van der Waals surface area contributed by atoms with Gasteiger partial charge in [0.25, 0.3) is 0 Å². The second kappa shape index (κ2) is 9.43. The largest absolute Gasteiger partial charge is 0.459 e. The molecule has 0 radical (unpaired) electrons. The Morgan fingerprint density at radius 3 is 2.63 bits per heavy atom. The van der Waals surface area contributed by atoms with Crippen LogP contribution in [0.5, 0.6) is 0 Å². The summed E-state index contributed by atoms with van der Waals surface area (Å²) in [7, 11) is -1.32. The molecule has 2 saturated carbocycles. The highest BCUT2D eigenvalue weighted by Gasteiger charge is 2.44.